The molecule has 1 aliphatic carbocycles. The van der Waals surface area contributed by atoms with Crippen molar-refractivity contribution in [3.63, 3.8) is 0 Å². The molecule has 0 aromatic heterocycles. The minimum Gasteiger partial charge on any atom is -0.504 e. The number of carboxylic acids is 1. The first-order valence-electron chi connectivity index (χ1n) is 9.89. The van der Waals surface area contributed by atoms with Gasteiger partial charge in [0.2, 0.25) is 0 Å². The molecule has 2 aromatic rings. The Balaban J connectivity index is 1.78. The van der Waals surface area contributed by atoms with Crippen molar-refractivity contribution in [2.45, 2.75) is 36.8 Å². The molecule has 0 spiro atoms. The third-order valence-electron chi connectivity index (χ3n) is 5.16. The smallest absolute Gasteiger partial charge is 0.338 e. The number of phenols is 2. The van der Waals surface area contributed by atoms with Gasteiger partial charge in [-0.2, -0.15) is 0 Å². The Kier molecular flexibility index (Phi) is 7.00. The van der Waals surface area contributed by atoms with Gasteiger partial charge >= 0.3 is 17.9 Å². The summed E-state index contributed by atoms with van der Waals surface area (Å²) in [6.07, 6.45) is -3.54. The van der Waals surface area contributed by atoms with Gasteiger partial charge in [0.1, 0.15) is 6.10 Å². The summed E-state index contributed by atoms with van der Waals surface area (Å²) in [5.74, 6) is -4.17. The van der Waals surface area contributed by atoms with Crippen LogP contribution in [-0.4, -0.2) is 67.4 Å². The van der Waals surface area contributed by atoms with Crippen LogP contribution in [0.4, 0.5) is 0 Å². The second-order valence-corrected chi connectivity index (χ2v) is 7.61. The number of esters is 2. The highest BCUT2D eigenvalue weighted by Gasteiger charge is 2.52. The first-order valence-corrected chi connectivity index (χ1v) is 9.89. The summed E-state index contributed by atoms with van der Waals surface area (Å²) in [6, 6.07) is 11.6. The number of aliphatic hydroxyl groups excluding tert-OH is 1. The van der Waals surface area contributed by atoms with Gasteiger partial charge in [0.05, 0.1) is 11.7 Å². The van der Waals surface area contributed by atoms with E-state index in [9.17, 15) is 39.9 Å². The van der Waals surface area contributed by atoms with Crippen molar-refractivity contribution in [2.24, 2.45) is 0 Å². The normalized spacial score (nSPS) is 24.8. The van der Waals surface area contributed by atoms with E-state index in [1.807, 2.05) is 0 Å². The molecule has 0 saturated heterocycles. The molecular weight excluding hydrogens is 436 g/mol. The molecule has 10 nitrogen and oxygen atoms in total. The van der Waals surface area contributed by atoms with Crippen molar-refractivity contribution < 1.29 is 49.4 Å². The lowest BCUT2D eigenvalue weighted by atomic mass is 9.79. The Morgan fingerprint density at radius 3 is 2.30 bits per heavy atom. The molecule has 1 fully saturated rings. The molecule has 1 aliphatic rings. The van der Waals surface area contributed by atoms with Crippen LogP contribution in [0.2, 0.25) is 0 Å². The number of hydrogen-bond donors (Lipinski definition) is 5. The minimum absolute atomic E-state index is 0.167. The van der Waals surface area contributed by atoms with Gasteiger partial charge in [-0.1, -0.05) is 24.3 Å². The molecule has 1 saturated carbocycles. The molecular formula is C23H22O10. The molecule has 4 unspecified atom stereocenters. The van der Waals surface area contributed by atoms with Gasteiger partial charge in [-0.25, -0.2) is 14.4 Å². The van der Waals surface area contributed by atoms with Crippen molar-refractivity contribution in [2.75, 3.05) is 0 Å². The second-order valence-electron chi connectivity index (χ2n) is 7.61. The number of rotatable bonds is 6. The van der Waals surface area contributed by atoms with E-state index in [2.05, 4.69) is 0 Å². The molecule has 0 heterocycles. The third-order valence-corrected chi connectivity index (χ3v) is 5.16. The summed E-state index contributed by atoms with van der Waals surface area (Å²) in [4.78, 5) is 36.3. The zero-order chi connectivity index (χ0) is 24.2. The van der Waals surface area contributed by atoms with E-state index in [1.165, 1.54) is 36.4 Å². The third kappa shape index (κ3) is 5.68. The van der Waals surface area contributed by atoms with Crippen LogP contribution in [0.25, 0.3) is 6.08 Å². The van der Waals surface area contributed by atoms with E-state index < -0.39 is 60.4 Å². The number of benzene rings is 2. The number of ether oxygens (including phenoxy) is 2. The van der Waals surface area contributed by atoms with Crippen LogP contribution < -0.4 is 0 Å². The standard InChI is InChI=1S/C23H22O10/c24-15-8-6-13(10-16(15)25)7-9-19(27)32-18-12-23(31,22(29)30)11-17(26)20(18)33-21(28)14-4-2-1-3-5-14/h1-10,17-18,20,24-26,31H,11-12H2,(H,29,30)/b9-7+. The highest BCUT2D eigenvalue weighted by atomic mass is 16.6. The summed E-state index contributed by atoms with van der Waals surface area (Å²) in [5.41, 5.74) is -1.88. The average Bonchev–Trinajstić information content (AvgIpc) is 2.77. The van der Waals surface area contributed by atoms with Crippen LogP contribution in [0.5, 0.6) is 11.5 Å². The maximum Gasteiger partial charge on any atom is 0.338 e. The van der Waals surface area contributed by atoms with Crippen LogP contribution in [0.1, 0.15) is 28.8 Å². The maximum atomic E-state index is 12.4. The molecule has 0 radical (unpaired) electrons. The molecule has 10 heteroatoms. The Morgan fingerprint density at radius 1 is 0.970 bits per heavy atom. The lowest BCUT2D eigenvalue weighted by Gasteiger charge is -2.40. The van der Waals surface area contributed by atoms with Gasteiger partial charge in [0.25, 0.3) is 0 Å². The van der Waals surface area contributed by atoms with Crippen LogP contribution in [0.3, 0.4) is 0 Å². The Hall–Kier alpha value is -3.89. The highest BCUT2D eigenvalue weighted by Crippen LogP contribution is 2.33. The minimum atomic E-state index is -2.40. The SMILES string of the molecule is O=C(/C=C/c1ccc(O)c(O)c1)OC1CC(O)(C(=O)O)CC(O)C1OC(=O)c1ccccc1. The summed E-state index contributed by atoms with van der Waals surface area (Å²) in [7, 11) is 0. The molecule has 174 valence electrons. The molecule has 2 aromatic carbocycles. The van der Waals surface area contributed by atoms with Crippen LogP contribution >= 0.6 is 0 Å². The zero-order valence-electron chi connectivity index (χ0n) is 17.2. The molecule has 0 amide bonds. The second kappa shape index (κ2) is 9.72. The van der Waals surface area contributed by atoms with E-state index in [-0.39, 0.29) is 11.3 Å². The van der Waals surface area contributed by atoms with Crippen LogP contribution in [0, 0.1) is 0 Å². The average molecular weight is 458 g/mol. The number of aromatic hydroxyl groups is 2. The fourth-order valence-electron chi connectivity index (χ4n) is 3.44. The van der Waals surface area contributed by atoms with Crippen molar-refractivity contribution in [3.05, 3.63) is 65.7 Å². The largest absolute Gasteiger partial charge is 0.504 e. The van der Waals surface area contributed by atoms with Crippen molar-refractivity contribution >= 4 is 24.0 Å². The first kappa shape index (κ1) is 23.8. The summed E-state index contributed by atoms with van der Waals surface area (Å²) in [6.45, 7) is 0. The Bertz CT molecular complexity index is 1060. The lowest BCUT2D eigenvalue weighted by Crippen LogP contribution is -2.58. The number of aliphatic hydroxyl groups is 2. The molecule has 33 heavy (non-hydrogen) atoms. The van der Waals surface area contributed by atoms with Crippen LogP contribution in [-0.2, 0) is 19.1 Å². The summed E-state index contributed by atoms with van der Waals surface area (Å²) < 4.78 is 10.5. The molecule has 0 aliphatic heterocycles. The van der Waals surface area contributed by atoms with Gasteiger partial charge < -0.3 is 35.0 Å². The lowest BCUT2D eigenvalue weighted by molar-refractivity contribution is -0.196. The number of aliphatic carboxylic acids is 1. The van der Waals surface area contributed by atoms with E-state index >= 15 is 0 Å². The molecule has 4 atom stereocenters. The molecule has 0 bridgehead atoms. The number of carbonyl (C=O) groups excluding carboxylic acids is 2. The van der Waals surface area contributed by atoms with Crippen molar-refractivity contribution in [1.82, 2.24) is 0 Å². The van der Waals surface area contributed by atoms with Crippen molar-refractivity contribution in [1.29, 1.82) is 0 Å². The topological polar surface area (TPSA) is 171 Å². The number of phenolic OH excluding ortho intramolecular Hbond substituents is 2. The quantitative estimate of drug-likeness (QED) is 0.241. The fourth-order valence-corrected chi connectivity index (χ4v) is 3.44. The monoisotopic (exact) mass is 458 g/mol. The van der Waals surface area contributed by atoms with E-state index in [0.717, 1.165) is 6.08 Å². The van der Waals surface area contributed by atoms with E-state index in [1.54, 1.807) is 18.2 Å². The van der Waals surface area contributed by atoms with Crippen LogP contribution in [0.15, 0.2) is 54.6 Å². The molecule has 5 N–H and O–H groups in total. The number of hydrogen-bond acceptors (Lipinski definition) is 9. The summed E-state index contributed by atoms with van der Waals surface area (Å²) in [5, 5.41) is 49.0. The maximum absolute atomic E-state index is 12.4. The zero-order valence-corrected chi connectivity index (χ0v) is 17.2. The fraction of sp³-hybridized carbons (Fsp3) is 0.261. The highest BCUT2D eigenvalue weighted by molar-refractivity contribution is 5.90. The first-order chi connectivity index (χ1) is 15.6. The van der Waals surface area contributed by atoms with Crippen molar-refractivity contribution in [3.8, 4) is 11.5 Å². The predicted octanol–water partition coefficient (Wildman–Crippen LogP) is 1.22. The van der Waals surface area contributed by atoms with Gasteiger partial charge in [0.15, 0.2) is 23.2 Å². The van der Waals surface area contributed by atoms with Gasteiger partial charge in [0, 0.05) is 18.9 Å². The number of carboxylic acid groups (broad SMARTS) is 1. The van der Waals surface area contributed by atoms with Gasteiger partial charge in [-0.15, -0.1) is 0 Å². The van der Waals surface area contributed by atoms with Gasteiger partial charge in [-0.3, -0.25) is 0 Å². The Labute approximate surface area is 187 Å². The Morgan fingerprint density at radius 2 is 1.67 bits per heavy atom. The van der Waals surface area contributed by atoms with E-state index in [0.29, 0.717) is 5.56 Å². The number of carbonyl (C=O) groups is 3. The van der Waals surface area contributed by atoms with E-state index in [4.69, 9.17) is 9.47 Å². The molecule has 3 rings (SSSR count). The predicted molar refractivity (Wildman–Crippen MR) is 112 cm³/mol. The summed E-state index contributed by atoms with van der Waals surface area (Å²) >= 11 is 0. The van der Waals surface area contributed by atoms with Gasteiger partial charge in [-0.05, 0) is 35.9 Å².